The molecule has 0 saturated carbocycles. The lowest BCUT2D eigenvalue weighted by atomic mass is 9.92. The zero-order chi connectivity index (χ0) is 39.3. The van der Waals surface area contributed by atoms with E-state index in [1.54, 1.807) is 12.3 Å². The Morgan fingerprint density at radius 2 is 1.71 bits per heavy atom. The summed E-state index contributed by atoms with van der Waals surface area (Å²) in [6.45, 7) is 7.39. The molecule has 290 valence electrons. The number of aliphatic hydroxyl groups excluding tert-OH is 1. The minimum atomic E-state index is -4.73. The number of β-amino-alcohol motifs (C(OH)–C–C–N with tert-alkyl or cyclic N) is 1. The molecule has 4 N–H and O–H groups in total. The highest BCUT2D eigenvalue weighted by molar-refractivity contribution is 5.92. The number of nitrogens with zero attached hydrogens (tertiary/aromatic N) is 5. The molecule has 0 amide bonds. The molecule has 2 saturated heterocycles. The maximum Gasteiger partial charge on any atom is 0.421 e. The molecule has 14 heteroatoms. The number of carboxylic acids is 1. The van der Waals surface area contributed by atoms with Crippen molar-refractivity contribution in [2.45, 2.75) is 52.1 Å². The van der Waals surface area contributed by atoms with Gasteiger partial charge in [0.2, 0.25) is 0 Å². The fourth-order valence-electron chi connectivity index (χ4n) is 8.08. The average Bonchev–Trinajstić information content (AvgIpc) is 3.93. The number of likely N-dealkylation sites (tertiary alicyclic amines) is 2. The number of rotatable bonds is 10. The Balaban J connectivity index is 1.09. The Bertz CT molecular complexity index is 2530. The lowest BCUT2D eigenvalue weighted by molar-refractivity contribution is -0.141. The number of furan rings is 1. The van der Waals surface area contributed by atoms with Gasteiger partial charge in [-0.05, 0) is 85.3 Å². The molecule has 6 heterocycles. The minimum Gasteiger partial charge on any atom is -0.481 e. The number of hydrogen-bond acceptors (Lipinski definition) is 9. The van der Waals surface area contributed by atoms with E-state index >= 15 is 0 Å². The molecule has 2 aliphatic heterocycles. The Labute approximate surface area is 320 Å². The van der Waals surface area contributed by atoms with Crippen LogP contribution in [0.4, 0.5) is 24.7 Å². The first-order chi connectivity index (χ1) is 26.8. The van der Waals surface area contributed by atoms with Crippen LogP contribution < -0.4 is 10.8 Å². The third-order valence-corrected chi connectivity index (χ3v) is 11.2. The predicted octanol–water partition coefficient (Wildman–Crippen LogP) is 7.34. The van der Waals surface area contributed by atoms with Gasteiger partial charge in [0.25, 0.3) is 0 Å². The molecule has 56 heavy (non-hydrogen) atoms. The van der Waals surface area contributed by atoms with Gasteiger partial charge >= 0.3 is 12.1 Å². The molecule has 11 nitrogen and oxygen atoms in total. The molecule has 0 radical (unpaired) electrons. The second kappa shape index (κ2) is 14.8. The number of aromatic nitrogens is 3. The highest BCUT2D eigenvalue weighted by Crippen LogP contribution is 2.40. The van der Waals surface area contributed by atoms with E-state index in [-0.39, 0.29) is 29.3 Å². The van der Waals surface area contributed by atoms with Gasteiger partial charge in [-0.3, -0.25) is 20.1 Å². The summed E-state index contributed by atoms with van der Waals surface area (Å²) in [6, 6.07) is 17.0. The van der Waals surface area contributed by atoms with E-state index in [1.165, 1.54) is 10.6 Å². The van der Waals surface area contributed by atoms with Gasteiger partial charge in [-0.15, -0.1) is 0 Å². The fraction of sp³-hybridized carbons (Fsp3) is 0.333. The average molecular weight is 766 g/mol. The van der Waals surface area contributed by atoms with Gasteiger partial charge < -0.3 is 29.4 Å². The van der Waals surface area contributed by atoms with Crippen molar-refractivity contribution in [2.24, 2.45) is 5.92 Å². The minimum absolute atomic E-state index is 0.0463. The number of aliphatic carboxylic acids is 1. The molecular weight excluding hydrogens is 724 g/mol. The normalized spacial score (nSPS) is 18.0. The Hall–Kier alpha value is -5.57. The number of hydrogen-bond donors (Lipinski definition) is 4. The number of carbonyl (C=O) groups is 1. The summed E-state index contributed by atoms with van der Waals surface area (Å²) in [5.74, 6) is -0.560. The number of nitrogens with one attached hydrogen (secondary N) is 2. The molecule has 8 rings (SSSR count). The molecule has 0 aliphatic carbocycles. The Morgan fingerprint density at radius 1 is 0.964 bits per heavy atom. The van der Waals surface area contributed by atoms with Crippen molar-refractivity contribution in [3.63, 3.8) is 0 Å². The van der Waals surface area contributed by atoms with Crippen LogP contribution in [0, 0.1) is 25.2 Å². The summed E-state index contributed by atoms with van der Waals surface area (Å²) in [4.78, 5) is 24.9. The van der Waals surface area contributed by atoms with Crippen molar-refractivity contribution in [1.29, 1.82) is 5.41 Å². The van der Waals surface area contributed by atoms with E-state index in [2.05, 4.69) is 21.3 Å². The van der Waals surface area contributed by atoms with E-state index in [9.17, 15) is 28.2 Å². The summed E-state index contributed by atoms with van der Waals surface area (Å²) in [5.41, 5.74) is 5.24. The number of carboxylic acid groups (broad SMARTS) is 1. The first-order valence-electron chi connectivity index (χ1n) is 18.7. The van der Waals surface area contributed by atoms with Crippen LogP contribution in [0.25, 0.3) is 44.3 Å². The van der Waals surface area contributed by atoms with Crippen molar-refractivity contribution in [3.05, 3.63) is 101 Å². The molecule has 2 atom stereocenters. The predicted molar refractivity (Wildman–Crippen MR) is 206 cm³/mol. The van der Waals surface area contributed by atoms with Crippen LogP contribution in [0.2, 0.25) is 0 Å². The summed E-state index contributed by atoms with van der Waals surface area (Å²) < 4.78 is 50.7. The van der Waals surface area contributed by atoms with E-state index < -0.39 is 29.2 Å². The fourth-order valence-corrected chi connectivity index (χ4v) is 8.08. The maximum absolute atomic E-state index is 14.5. The van der Waals surface area contributed by atoms with E-state index in [1.807, 2.05) is 61.3 Å². The van der Waals surface area contributed by atoms with Crippen molar-refractivity contribution in [2.75, 3.05) is 38.0 Å². The first-order valence-corrected chi connectivity index (χ1v) is 18.7. The summed E-state index contributed by atoms with van der Waals surface area (Å²) in [6.07, 6.45) is 0.755. The molecule has 4 aromatic heterocycles. The smallest absolute Gasteiger partial charge is 0.421 e. The SMILES string of the molecule is Cc1c(Nc2nccc3cc(CN4CC[C@@H](O)C4)cnc23)cccc1-c1cccc(-c2cc3c(=N)n(CCN4CC[C@@H](C(=O)O)C4)cc(C(F)(F)F)c3o2)c1C. The maximum atomic E-state index is 14.5. The van der Waals surface area contributed by atoms with E-state index in [4.69, 9.17) is 14.8 Å². The molecule has 6 aromatic rings. The Morgan fingerprint density at radius 3 is 2.45 bits per heavy atom. The van der Waals surface area contributed by atoms with Gasteiger partial charge in [0.1, 0.15) is 22.3 Å². The van der Waals surface area contributed by atoms with Crippen molar-refractivity contribution in [3.8, 4) is 22.5 Å². The molecule has 2 fully saturated rings. The number of fused-ring (bicyclic) bond motifs is 2. The standard InChI is InChI=1S/C42H42F3N7O4/c1-24-30(31-6-4-8-35(25(31)2)49-40-37-27(9-12-47-40)17-26(19-48-37)20-51-14-11-29(53)22-51)5-3-7-32(24)36-18-33-38(56-36)34(42(43,44)45)23-52(39(33)46)16-15-50-13-10-28(21-50)41(54)55/h3-9,12,17-19,23,28-29,46,53H,10-11,13-16,20-22H2,1-2H3,(H,47,49)(H,54,55)/t28-,29-/m1/s1. The summed E-state index contributed by atoms with van der Waals surface area (Å²) in [5, 5.41) is 32.6. The molecule has 2 aliphatic rings. The number of pyridine rings is 3. The van der Waals surface area contributed by atoms with Crippen LogP contribution in [-0.4, -0.2) is 79.3 Å². The molecule has 0 bridgehead atoms. The van der Waals surface area contributed by atoms with Crippen LogP contribution in [0.5, 0.6) is 0 Å². The number of alkyl halides is 3. The highest BCUT2D eigenvalue weighted by Gasteiger charge is 2.36. The van der Waals surface area contributed by atoms with Crippen LogP contribution in [-0.2, 0) is 24.1 Å². The molecule has 0 spiro atoms. The zero-order valence-corrected chi connectivity index (χ0v) is 31.0. The van der Waals surface area contributed by atoms with Crippen molar-refractivity contribution in [1.82, 2.24) is 24.3 Å². The van der Waals surface area contributed by atoms with Gasteiger partial charge in [0, 0.05) is 74.5 Å². The van der Waals surface area contributed by atoms with Crippen molar-refractivity contribution >= 4 is 39.3 Å². The zero-order valence-electron chi connectivity index (χ0n) is 31.0. The number of benzene rings is 2. The van der Waals surface area contributed by atoms with Crippen LogP contribution >= 0.6 is 0 Å². The van der Waals surface area contributed by atoms with E-state index in [0.29, 0.717) is 50.5 Å². The number of halogens is 3. The number of anilines is 2. The molecule has 0 unspecified atom stereocenters. The third-order valence-electron chi connectivity index (χ3n) is 11.2. The van der Waals surface area contributed by atoms with Crippen LogP contribution in [0.15, 0.2) is 77.6 Å². The van der Waals surface area contributed by atoms with Crippen LogP contribution in [0.3, 0.4) is 0 Å². The largest absolute Gasteiger partial charge is 0.481 e. The van der Waals surface area contributed by atoms with Crippen LogP contribution in [0.1, 0.15) is 35.1 Å². The third kappa shape index (κ3) is 7.27. The second-order valence-corrected chi connectivity index (χ2v) is 14.9. The van der Waals surface area contributed by atoms with Gasteiger partial charge in [-0.1, -0.05) is 30.3 Å². The quantitative estimate of drug-likeness (QED) is 0.113. The highest BCUT2D eigenvalue weighted by atomic mass is 19.4. The van der Waals surface area contributed by atoms with Gasteiger partial charge in [-0.25, -0.2) is 4.98 Å². The first kappa shape index (κ1) is 37.4. The summed E-state index contributed by atoms with van der Waals surface area (Å²) >= 11 is 0. The van der Waals surface area contributed by atoms with Crippen molar-refractivity contribution < 1.29 is 32.6 Å². The lowest BCUT2D eigenvalue weighted by Crippen LogP contribution is -2.31. The van der Waals surface area contributed by atoms with E-state index in [0.717, 1.165) is 63.6 Å². The monoisotopic (exact) mass is 765 g/mol. The van der Waals surface area contributed by atoms with Gasteiger partial charge in [0.15, 0.2) is 11.4 Å². The number of aliphatic hydroxyl groups is 1. The van der Waals surface area contributed by atoms with Gasteiger partial charge in [-0.2, -0.15) is 13.2 Å². The molecule has 2 aromatic carbocycles. The summed E-state index contributed by atoms with van der Waals surface area (Å²) in [7, 11) is 0. The molecular formula is C42H42F3N7O4. The lowest BCUT2D eigenvalue weighted by Gasteiger charge is -2.18. The topological polar surface area (TPSA) is 144 Å². The Kier molecular flexibility index (Phi) is 9.89. The van der Waals surface area contributed by atoms with Gasteiger partial charge in [0.05, 0.1) is 17.4 Å². The second-order valence-electron chi connectivity index (χ2n) is 14.9.